The highest BCUT2D eigenvalue weighted by Crippen LogP contribution is 2.29. The Hall–Kier alpha value is -2.98. The third-order valence-electron chi connectivity index (χ3n) is 3.21. The zero-order valence-electron chi connectivity index (χ0n) is 13.1. The number of likely N-dealkylation sites (N-methyl/N-ethyl adjacent to an activating group) is 1. The number of carbonyl (C=O) groups is 1. The summed E-state index contributed by atoms with van der Waals surface area (Å²) in [5.41, 5.74) is 1.86. The predicted octanol–water partition coefficient (Wildman–Crippen LogP) is 3.30. The number of hydrogen-bond donors (Lipinski definition) is 1. The van der Waals surface area contributed by atoms with Crippen molar-refractivity contribution in [1.82, 2.24) is 14.9 Å². The van der Waals surface area contributed by atoms with E-state index >= 15 is 0 Å². The van der Waals surface area contributed by atoms with E-state index in [-0.39, 0.29) is 11.5 Å². The van der Waals surface area contributed by atoms with Crippen LogP contribution in [-0.2, 0) is 4.79 Å². The molecule has 0 aliphatic carbocycles. The second-order valence-electron chi connectivity index (χ2n) is 5.19. The first-order valence-corrected chi connectivity index (χ1v) is 7.94. The fraction of sp³-hybridized carbons (Fsp3) is 0.118. The maximum absolute atomic E-state index is 11.8. The summed E-state index contributed by atoms with van der Waals surface area (Å²) < 4.78 is 5.65. The van der Waals surface area contributed by atoms with Gasteiger partial charge in [0.15, 0.2) is 10.2 Å². The van der Waals surface area contributed by atoms with Crippen LogP contribution < -0.4 is 0 Å². The Morgan fingerprint density at radius 1 is 1.33 bits per heavy atom. The fourth-order valence-corrected chi connectivity index (χ4v) is 2.83. The number of furan rings is 1. The summed E-state index contributed by atoms with van der Waals surface area (Å²) in [6.07, 6.45) is 1.44. The molecule has 0 aliphatic heterocycles. The van der Waals surface area contributed by atoms with Gasteiger partial charge in [0.05, 0.1) is 11.0 Å². The van der Waals surface area contributed by atoms with Crippen LogP contribution in [-0.4, -0.2) is 34.9 Å². The fourth-order valence-electron chi connectivity index (χ4n) is 2.06. The number of nitrogens with zero attached hydrogens (tertiary/aromatic N) is 3. The average molecular weight is 338 g/mol. The van der Waals surface area contributed by atoms with Gasteiger partial charge in [-0.1, -0.05) is 12.1 Å². The van der Waals surface area contributed by atoms with E-state index < -0.39 is 0 Å². The zero-order valence-corrected chi connectivity index (χ0v) is 13.9. The number of H-pyrrole nitrogens is 1. The highest BCUT2D eigenvalue weighted by molar-refractivity contribution is 7.99. The summed E-state index contributed by atoms with van der Waals surface area (Å²) in [5.74, 6) is 0.0840. The number of imidazole rings is 1. The molecule has 0 saturated heterocycles. The van der Waals surface area contributed by atoms with Crippen LogP contribution in [0.4, 0.5) is 0 Å². The number of nitrogens with one attached hydrogen (secondary N) is 1. The van der Waals surface area contributed by atoms with Crippen molar-refractivity contribution in [3.8, 4) is 6.07 Å². The molecule has 1 aromatic carbocycles. The van der Waals surface area contributed by atoms with Crippen molar-refractivity contribution in [2.24, 2.45) is 0 Å². The van der Waals surface area contributed by atoms with Crippen LogP contribution in [0.5, 0.6) is 0 Å². The van der Waals surface area contributed by atoms with Crippen LogP contribution in [0.25, 0.3) is 17.1 Å². The molecule has 1 amide bonds. The topological polar surface area (TPSA) is 85.9 Å². The second-order valence-corrected chi connectivity index (χ2v) is 6.18. The van der Waals surface area contributed by atoms with Gasteiger partial charge in [0.25, 0.3) is 5.91 Å². The van der Waals surface area contributed by atoms with Gasteiger partial charge in [-0.25, -0.2) is 4.98 Å². The van der Waals surface area contributed by atoms with E-state index in [1.807, 2.05) is 30.3 Å². The Morgan fingerprint density at radius 3 is 2.83 bits per heavy atom. The minimum absolute atomic E-state index is 0.0228. The van der Waals surface area contributed by atoms with E-state index in [0.717, 1.165) is 11.0 Å². The summed E-state index contributed by atoms with van der Waals surface area (Å²) in [6, 6.07) is 13.1. The van der Waals surface area contributed by atoms with Crippen molar-refractivity contribution in [1.29, 1.82) is 5.26 Å². The normalized spacial score (nSPS) is 11.5. The molecular weight excluding hydrogens is 324 g/mol. The standard InChI is InChI=1S/C17H14N4O2S/c1-21(2)16(22)11(10-18)9-12-7-8-15(23-12)24-17-19-13-5-3-4-6-14(13)20-17/h3-9H,1-2H3,(H,19,20)/b11-9-. The first-order chi connectivity index (χ1) is 11.6. The van der Waals surface area contributed by atoms with Gasteiger partial charge in [0.2, 0.25) is 0 Å². The van der Waals surface area contributed by atoms with Crippen molar-refractivity contribution < 1.29 is 9.21 Å². The first-order valence-electron chi connectivity index (χ1n) is 7.12. The van der Waals surface area contributed by atoms with Gasteiger partial charge in [-0.15, -0.1) is 0 Å². The Morgan fingerprint density at radius 2 is 2.12 bits per heavy atom. The van der Waals surface area contributed by atoms with Crippen LogP contribution in [0, 0.1) is 11.3 Å². The Balaban J connectivity index is 1.80. The summed E-state index contributed by atoms with van der Waals surface area (Å²) >= 11 is 1.34. The van der Waals surface area contributed by atoms with E-state index in [1.165, 1.54) is 22.7 Å². The van der Waals surface area contributed by atoms with E-state index in [4.69, 9.17) is 9.68 Å². The van der Waals surface area contributed by atoms with Crippen LogP contribution in [0.3, 0.4) is 0 Å². The van der Waals surface area contributed by atoms with Gasteiger partial charge in [-0.05, 0) is 36.0 Å². The third-order valence-corrected chi connectivity index (χ3v) is 4.02. The summed E-state index contributed by atoms with van der Waals surface area (Å²) in [4.78, 5) is 20.9. The van der Waals surface area contributed by atoms with E-state index in [9.17, 15) is 4.79 Å². The van der Waals surface area contributed by atoms with Crippen molar-refractivity contribution >= 4 is 34.8 Å². The number of nitriles is 1. The monoisotopic (exact) mass is 338 g/mol. The molecule has 0 spiro atoms. The molecule has 6 nitrogen and oxygen atoms in total. The molecule has 120 valence electrons. The molecule has 3 aromatic rings. The van der Waals surface area contributed by atoms with Gasteiger partial charge in [-0.3, -0.25) is 4.79 Å². The van der Waals surface area contributed by atoms with Gasteiger partial charge in [0, 0.05) is 20.2 Å². The van der Waals surface area contributed by atoms with Crippen LogP contribution in [0.1, 0.15) is 5.76 Å². The van der Waals surface area contributed by atoms with E-state index in [1.54, 1.807) is 26.2 Å². The molecule has 0 bridgehead atoms. The lowest BCUT2D eigenvalue weighted by Crippen LogP contribution is -2.22. The summed E-state index contributed by atoms with van der Waals surface area (Å²) in [6.45, 7) is 0. The van der Waals surface area contributed by atoms with Gasteiger partial charge in [0.1, 0.15) is 17.4 Å². The molecule has 7 heteroatoms. The highest BCUT2D eigenvalue weighted by Gasteiger charge is 2.13. The third kappa shape index (κ3) is 3.34. The lowest BCUT2D eigenvalue weighted by molar-refractivity contribution is -0.124. The molecule has 2 heterocycles. The van der Waals surface area contributed by atoms with E-state index in [2.05, 4.69) is 9.97 Å². The van der Waals surface area contributed by atoms with Gasteiger partial charge < -0.3 is 14.3 Å². The molecule has 0 fully saturated rings. The molecule has 2 aromatic heterocycles. The lowest BCUT2D eigenvalue weighted by Gasteiger charge is -2.07. The summed E-state index contributed by atoms with van der Waals surface area (Å²) in [5, 5.41) is 10.4. The number of benzene rings is 1. The van der Waals surface area contributed by atoms with Crippen molar-refractivity contribution in [2.75, 3.05) is 14.1 Å². The minimum Gasteiger partial charge on any atom is -0.450 e. The van der Waals surface area contributed by atoms with Crippen molar-refractivity contribution in [3.63, 3.8) is 0 Å². The summed E-state index contributed by atoms with van der Waals surface area (Å²) in [7, 11) is 3.19. The SMILES string of the molecule is CN(C)C(=O)/C(C#N)=C\c1ccc(Sc2nc3ccccc3[nH]2)o1. The van der Waals surface area contributed by atoms with Gasteiger partial charge in [-0.2, -0.15) is 5.26 Å². The Kier molecular flexibility index (Phi) is 4.40. The minimum atomic E-state index is -0.361. The predicted molar refractivity (Wildman–Crippen MR) is 91.2 cm³/mol. The number of fused-ring (bicyclic) bond motifs is 1. The quantitative estimate of drug-likeness (QED) is 0.583. The largest absolute Gasteiger partial charge is 0.450 e. The lowest BCUT2D eigenvalue weighted by atomic mass is 10.2. The number of aromatic nitrogens is 2. The molecular formula is C17H14N4O2S. The molecule has 1 N–H and O–H groups in total. The number of para-hydroxylation sites is 2. The van der Waals surface area contributed by atoms with Crippen molar-refractivity contribution in [3.05, 3.63) is 47.7 Å². The molecule has 0 radical (unpaired) electrons. The van der Waals surface area contributed by atoms with Gasteiger partial charge >= 0.3 is 0 Å². The second kappa shape index (κ2) is 6.64. The number of hydrogen-bond acceptors (Lipinski definition) is 5. The van der Waals surface area contributed by atoms with Crippen molar-refractivity contribution in [2.45, 2.75) is 10.2 Å². The molecule has 0 aliphatic rings. The molecule has 0 atom stereocenters. The Labute approximate surface area is 142 Å². The maximum Gasteiger partial charge on any atom is 0.264 e. The number of carbonyl (C=O) groups excluding carboxylic acids is 1. The van der Waals surface area contributed by atoms with Crippen LogP contribution >= 0.6 is 11.8 Å². The van der Waals surface area contributed by atoms with Crippen LogP contribution in [0.2, 0.25) is 0 Å². The van der Waals surface area contributed by atoms with E-state index in [0.29, 0.717) is 16.0 Å². The molecule has 3 rings (SSSR count). The Bertz CT molecular complexity index is 929. The highest BCUT2D eigenvalue weighted by atomic mass is 32.2. The smallest absolute Gasteiger partial charge is 0.264 e. The molecule has 0 saturated carbocycles. The van der Waals surface area contributed by atoms with Crippen LogP contribution in [0.15, 0.2) is 56.6 Å². The number of rotatable bonds is 4. The number of aromatic amines is 1. The zero-order chi connectivity index (χ0) is 17.1. The average Bonchev–Trinajstić information content (AvgIpc) is 3.18. The molecule has 0 unspecified atom stereocenters. The molecule has 24 heavy (non-hydrogen) atoms. The number of amides is 1. The maximum atomic E-state index is 11.8. The first kappa shape index (κ1) is 15.9.